The highest BCUT2D eigenvalue weighted by Gasteiger charge is 2.52. The number of Topliss-reactive ketones (excluding diaryl/α,β-unsaturated/α-hetero) is 2. The van der Waals surface area contributed by atoms with Crippen molar-refractivity contribution in [1.82, 2.24) is 10.3 Å². The molecular formula is C31H35FN2O5. The molecule has 39 heavy (non-hydrogen) atoms. The molecule has 7 nitrogen and oxygen atoms in total. The number of aryl methyl sites for hydroxylation is 1. The fraction of sp³-hybridized carbons (Fsp3) is 0.452. The van der Waals surface area contributed by atoms with Gasteiger partial charge in [-0.15, -0.1) is 0 Å². The summed E-state index contributed by atoms with van der Waals surface area (Å²) in [7, 11) is 1.59. The number of pyridine rings is 1. The molecule has 2 heterocycles. The molecule has 8 heteroatoms. The Morgan fingerprint density at radius 3 is 2.54 bits per heavy atom. The Balaban J connectivity index is 1.25. The molecular weight excluding hydrogens is 499 g/mol. The quantitative estimate of drug-likeness (QED) is 0.293. The summed E-state index contributed by atoms with van der Waals surface area (Å²) in [6.45, 7) is 4.11. The third-order valence-corrected chi connectivity index (χ3v) is 7.96. The summed E-state index contributed by atoms with van der Waals surface area (Å²) < 4.78 is 32.7. The predicted octanol–water partition coefficient (Wildman–Crippen LogP) is 5.81. The fourth-order valence-electron chi connectivity index (χ4n) is 5.29. The first kappa shape index (κ1) is 27.1. The minimum atomic E-state index is -0.737. The number of piperidine rings is 1. The van der Waals surface area contributed by atoms with Crippen molar-refractivity contribution >= 4 is 22.5 Å². The number of aromatic nitrogens is 1. The molecule has 1 saturated heterocycles. The van der Waals surface area contributed by atoms with Crippen LogP contribution in [0.15, 0.2) is 42.6 Å². The van der Waals surface area contributed by atoms with Gasteiger partial charge in [-0.25, -0.2) is 4.39 Å². The van der Waals surface area contributed by atoms with E-state index in [-0.39, 0.29) is 17.3 Å². The molecule has 1 aromatic heterocycles. The standard InChI is InChI=1S/C31H35FN2O5/c1-20(35)31(11-12-31)30(36)5-3-4-21-6-7-27(24(32)16-21)39-26-10-15-34-25-18-29(28(37-2)17-23(25)26)38-19-22-8-13-33-14-9-22/h6-7,10,15-18,22,33H,3-5,8-9,11-14,19H2,1-2H3. The van der Waals surface area contributed by atoms with Crippen LogP contribution in [-0.4, -0.2) is 43.4 Å². The van der Waals surface area contributed by atoms with Crippen LogP contribution in [0.5, 0.6) is 23.0 Å². The Bertz CT molecular complexity index is 1360. The Morgan fingerprint density at radius 1 is 1.05 bits per heavy atom. The van der Waals surface area contributed by atoms with Crippen LogP contribution >= 0.6 is 0 Å². The van der Waals surface area contributed by atoms with Crippen molar-refractivity contribution < 1.29 is 28.2 Å². The van der Waals surface area contributed by atoms with Gasteiger partial charge in [-0.2, -0.15) is 0 Å². The van der Waals surface area contributed by atoms with Crippen molar-refractivity contribution in [2.75, 3.05) is 26.8 Å². The lowest BCUT2D eigenvalue weighted by molar-refractivity contribution is -0.133. The average Bonchev–Trinajstić information content (AvgIpc) is 3.76. The van der Waals surface area contributed by atoms with E-state index in [1.807, 2.05) is 12.1 Å². The zero-order valence-electron chi connectivity index (χ0n) is 22.6. The third-order valence-electron chi connectivity index (χ3n) is 7.96. The van der Waals surface area contributed by atoms with E-state index in [1.54, 1.807) is 31.5 Å². The summed E-state index contributed by atoms with van der Waals surface area (Å²) in [6.07, 6.45) is 6.54. The van der Waals surface area contributed by atoms with Gasteiger partial charge in [-0.05, 0) is 94.3 Å². The second-order valence-corrected chi connectivity index (χ2v) is 10.6. The van der Waals surface area contributed by atoms with Crippen LogP contribution in [0.2, 0.25) is 0 Å². The summed E-state index contributed by atoms with van der Waals surface area (Å²) in [6, 6.07) is 10.2. The minimum absolute atomic E-state index is 0.00950. The Morgan fingerprint density at radius 2 is 1.85 bits per heavy atom. The molecule has 2 aromatic carbocycles. The van der Waals surface area contributed by atoms with E-state index in [4.69, 9.17) is 14.2 Å². The van der Waals surface area contributed by atoms with E-state index in [2.05, 4.69) is 10.3 Å². The first-order chi connectivity index (χ1) is 18.9. The van der Waals surface area contributed by atoms with Gasteiger partial charge in [0.25, 0.3) is 0 Å². The topological polar surface area (TPSA) is 86.8 Å². The van der Waals surface area contributed by atoms with E-state index in [0.29, 0.717) is 72.8 Å². The van der Waals surface area contributed by atoms with Gasteiger partial charge in [0.2, 0.25) is 0 Å². The molecule has 0 radical (unpaired) electrons. The van der Waals surface area contributed by atoms with Crippen LogP contribution < -0.4 is 19.5 Å². The van der Waals surface area contributed by atoms with E-state index in [0.717, 1.165) is 31.5 Å². The number of ketones is 2. The number of carbonyl (C=O) groups excluding carboxylic acids is 2. The molecule has 1 aliphatic heterocycles. The number of ether oxygens (including phenoxy) is 3. The van der Waals surface area contributed by atoms with Crippen molar-refractivity contribution in [1.29, 1.82) is 0 Å². The monoisotopic (exact) mass is 534 g/mol. The van der Waals surface area contributed by atoms with Crippen LogP contribution in [0.1, 0.15) is 51.0 Å². The molecule has 2 aliphatic rings. The molecule has 0 amide bonds. The molecule has 0 unspecified atom stereocenters. The number of methoxy groups -OCH3 is 1. The minimum Gasteiger partial charge on any atom is -0.493 e. The van der Waals surface area contributed by atoms with E-state index < -0.39 is 11.2 Å². The molecule has 206 valence electrons. The maximum absolute atomic E-state index is 15.0. The number of halogens is 1. The number of nitrogens with zero attached hydrogens (tertiary/aromatic N) is 1. The molecule has 0 spiro atoms. The molecule has 1 saturated carbocycles. The summed E-state index contributed by atoms with van der Waals surface area (Å²) in [4.78, 5) is 28.6. The number of nitrogens with one attached hydrogen (secondary N) is 1. The summed E-state index contributed by atoms with van der Waals surface area (Å²) in [5.41, 5.74) is 0.699. The SMILES string of the molecule is COc1cc2c(Oc3ccc(CCCC(=O)C4(C(C)=O)CC4)cc3F)ccnc2cc1OCC1CCNCC1. The highest BCUT2D eigenvalue weighted by atomic mass is 19.1. The number of hydrogen-bond acceptors (Lipinski definition) is 7. The van der Waals surface area contributed by atoms with E-state index >= 15 is 4.39 Å². The second kappa shape index (κ2) is 11.7. The zero-order valence-corrected chi connectivity index (χ0v) is 22.6. The summed E-state index contributed by atoms with van der Waals surface area (Å²) in [5, 5.41) is 4.05. The fourth-order valence-corrected chi connectivity index (χ4v) is 5.29. The van der Waals surface area contributed by atoms with Crippen molar-refractivity contribution in [2.24, 2.45) is 11.3 Å². The molecule has 0 atom stereocenters. The van der Waals surface area contributed by atoms with Crippen LogP contribution in [0, 0.1) is 17.2 Å². The maximum atomic E-state index is 15.0. The predicted molar refractivity (Wildman–Crippen MR) is 146 cm³/mol. The summed E-state index contributed by atoms with van der Waals surface area (Å²) in [5.74, 6) is 1.73. The Labute approximate surface area is 228 Å². The van der Waals surface area contributed by atoms with E-state index in [9.17, 15) is 9.59 Å². The van der Waals surface area contributed by atoms with E-state index in [1.165, 1.54) is 13.0 Å². The number of fused-ring (bicyclic) bond motifs is 1. The second-order valence-electron chi connectivity index (χ2n) is 10.6. The van der Waals surface area contributed by atoms with Gasteiger partial charge < -0.3 is 19.5 Å². The first-order valence-electron chi connectivity index (χ1n) is 13.7. The molecule has 3 aromatic rings. The lowest BCUT2D eigenvalue weighted by atomic mass is 9.92. The third kappa shape index (κ3) is 6.06. The summed E-state index contributed by atoms with van der Waals surface area (Å²) >= 11 is 0. The largest absolute Gasteiger partial charge is 0.493 e. The van der Waals surface area contributed by atoms with Gasteiger partial charge in [-0.3, -0.25) is 14.6 Å². The van der Waals surface area contributed by atoms with Gasteiger partial charge >= 0.3 is 0 Å². The molecule has 0 bridgehead atoms. The number of rotatable bonds is 12. The number of benzene rings is 2. The lowest BCUT2D eigenvalue weighted by Gasteiger charge is -2.23. The van der Waals surface area contributed by atoms with Crippen molar-refractivity contribution in [3.63, 3.8) is 0 Å². The molecule has 1 N–H and O–H groups in total. The molecule has 2 fully saturated rings. The van der Waals surface area contributed by atoms with Gasteiger partial charge in [0.1, 0.15) is 17.3 Å². The zero-order chi connectivity index (χ0) is 27.4. The maximum Gasteiger partial charge on any atom is 0.165 e. The highest BCUT2D eigenvalue weighted by Crippen LogP contribution is 2.48. The Hall–Kier alpha value is -3.52. The van der Waals surface area contributed by atoms with Crippen LogP contribution in [0.25, 0.3) is 10.9 Å². The molecule has 5 rings (SSSR count). The smallest absolute Gasteiger partial charge is 0.165 e. The Kier molecular flexibility index (Phi) is 8.12. The van der Waals surface area contributed by atoms with Gasteiger partial charge in [0, 0.05) is 24.1 Å². The van der Waals surface area contributed by atoms with Crippen molar-refractivity contribution in [3.05, 3.63) is 54.0 Å². The van der Waals surface area contributed by atoms with Crippen LogP contribution in [0.4, 0.5) is 4.39 Å². The highest BCUT2D eigenvalue weighted by molar-refractivity contribution is 6.08. The van der Waals surface area contributed by atoms with Crippen LogP contribution in [0.3, 0.4) is 0 Å². The normalized spacial score (nSPS) is 16.6. The first-order valence-corrected chi connectivity index (χ1v) is 13.7. The van der Waals surface area contributed by atoms with Crippen molar-refractivity contribution in [3.8, 4) is 23.0 Å². The molecule has 1 aliphatic carbocycles. The van der Waals surface area contributed by atoms with Gasteiger partial charge in [-0.1, -0.05) is 6.07 Å². The van der Waals surface area contributed by atoms with Crippen molar-refractivity contribution in [2.45, 2.75) is 51.9 Å². The average molecular weight is 535 g/mol. The lowest BCUT2D eigenvalue weighted by Crippen LogP contribution is -2.30. The van der Waals surface area contributed by atoms with Gasteiger partial charge in [0.15, 0.2) is 23.1 Å². The van der Waals surface area contributed by atoms with Gasteiger partial charge in [0.05, 0.1) is 24.6 Å². The number of hydrogen-bond donors (Lipinski definition) is 1. The van der Waals surface area contributed by atoms with Crippen LogP contribution in [-0.2, 0) is 16.0 Å². The number of carbonyl (C=O) groups is 2.